The molecule has 0 spiro atoms. The van der Waals surface area contributed by atoms with Crippen LogP contribution in [-0.4, -0.2) is 24.4 Å². The van der Waals surface area contributed by atoms with Crippen molar-refractivity contribution in [3.63, 3.8) is 0 Å². The summed E-state index contributed by atoms with van der Waals surface area (Å²) in [6.07, 6.45) is 3.48. The van der Waals surface area contributed by atoms with E-state index in [0.29, 0.717) is 17.1 Å². The summed E-state index contributed by atoms with van der Waals surface area (Å²) in [6, 6.07) is 5.79. The van der Waals surface area contributed by atoms with Gasteiger partial charge in [-0.1, -0.05) is 0 Å². The third-order valence-electron chi connectivity index (χ3n) is 4.38. The van der Waals surface area contributed by atoms with Gasteiger partial charge in [0, 0.05) is 34.5 Å². The molecule has 3 aliphatic rings. The molecule has 1 unspecified atom stereocenters. The van der Waals surface area contributed by atoms with E-state index < -0.39 is 0 Å². The standard InChI is InChI=1S/C17H11BrN2O4/c18-9-1-8(4-19-5-9)15-10-2-13-14(24-7-23-13)3-11(10)20-12-6-22-17(21)16(12)15/h1-5,15,20H,6-7H2. The zero-order valence-electron chi connectivity index (χ0n) is 12.3. The third kappa shape index (κ3) is 1.94. The van der Waals surface area contributed by atoms with Crippen molar-refractivity contribution >= 4 is 27.6 Å². The highest BCUT2D eigenvalue weighted by Crippen LogP contribution is 2.48. The topological polar surface area (TPSA) is 69.7 Å². The van der Waals surface area contributed by atoms with Crippen LogP contribution in [0.1, 0.15) is 17.0 Å². The van der Waals surface area contributed by atoms with Crippen LogP contribution in [0.25, 0.3) is 0 Å². The Hall–Kier alpha value is -2.54. The van der Waals surface area contributed by atoms with Crippen molar-refractivity contribution in [2.45, 2.75) is 5.92 Å². The Bertz CT molecular complexity index is 925. The number of nitrogens with zero attached hydrogens (tertiary/aromatic N) is 1. The van der Waals surface area contributed by atoms with Crippen LogP contribution >= 0.6 is 15.9 Å². The Morgan fingerprint density at radius 3 is 2.79 bits per heavy atom. The first-order valence-corrected chi connectivity index (χ1v) is 8.21. The molecular weight excluding hydrogens is 376 g/mol. The van der Waals surface area contributed by atoms with E-state index >= 15 is 0 Å². The second kappa shape index (κ2) is 4.98. The van der Waals surface area contributed by atoms with Gasteiger partial charge in [0.2, 0.25) is 6.79 Å². The molecule has 2 aromatic rings. The molecule has 1 aromatic carbocycles. The maximum Gasteiger partial charge on any atom is 0.337 e. The fourth-order valence-corrected chi connectivity index (χ4v) is 3.75. The number of nitrogens with one attached hydrogen (secondary N) is 1. The Morgan fingerprint density at radius 2 is 1.96 bits per heavy atom. The number of benzene rings is 1. The number of hydrogen-bond donors (Lipinski definition) is 1. The zero-order valence-corrected chi connectivity index (χ0v) is 13.9. The highest BCUT2D eigenvalue weighted by atomic mass is 79.9. The zero-order chi connectivity index (χ0) is 16.3. The average molecular weight is 387 g/mol. The van der Waals surface area contributed by atoms with Crippen LogP contribution in [0.3, 0.4) is 0 Å². The SMILES string of the molecule is O=C1OCC2=C1C(c1cncc(Br)c1)c1cc3c(cc1N2)OCO3. The lowest BCUT2D eigenvalue weighted by molar-refractivity contribution is -0.136. The van der Waals surface area contributed by atoms with Gasteiger partial charge in [-0.3, -0.25) is 4.98 Å². The monoisotopic (exact) mass is 386 g/mol. The van der Waals surface area contributed by atoms with Crippen LogP contribution in [0.5, 0.6) is 11.5 Å². The maximum absolute atomic E-state index is 12.3. The second-order valence-electron chi connectivity index (χ2n) is 5.76. The number of anilines is 1. The first-order chi connectivity index (χ1) is 11.7. The first-order valence-electron chi connectivity index (χ1n) is 7.42. The predicted molar refractivity (Wildman–Crippen MR) is 88.0 cm³/mol. The Labute approximate surface area is 145 Å². The molecule has 120 valence electrons. The van der Waals surface area contributed by atoms with Crippen molar-refractivity contribution in [2.75, 3.05) is 18.7 Å². The normalized spacial score (nSPS) is 20.4. The molecule has 0 saturated carbocycles. The van der Waals surface area contributed by atoms with Gasteiger partial charge in [-0.05, 0) is 39.2 Å². The summed E-state index contributed by atoms with van der Waals surface area (Å²) in [5, 5.41) is 3.30. The Balaban J connectivity index is 1.75. The van der Waals surface area contributed by atoms with Crippen molar-refractivity contribution in [1.29, 1.82) is 0 Å². The molecule has 0 radical (unpaired) electrons. The third-order valence-corrected chi connectivity index (χ3v) is 4.82. The van der Waals surface area contributed by atoms with Crippen molar-refractivity contribution in [1.82, 2.24) is 4.98 Å². The lowest BCUT2D eigenvalue weighted by atomic mass is 9.81. The fraction of sp³-hybridized carbons (Fsp3) is 0.176. The van der Waals surface area contributed by atoms with Crippen molar-refractivity contribution in [2.24, 2.45) is 0 Å². The molecule has 0 fully saturated rings. The second-order valence-corrected chi connectivity index (χ2v) is 6.67. The van der Waals surface area contributed by atoms with Crippen molar-refractivity contribution < 1.29 is 19.0 Å². The van der Waals surface area contributed by atoms with Crippen LogP contribution in [0.2, 0.25) is 0 Å². The smallest absolute Gasteiger partial charge is 0.337 e. The number of hydrogen-bond acceptors (Lipinski definition) is 6. The van der Waals surface area contributed by atoms with Gasteiger partial charge in [0.05, 0.1) is 11.3 Å². The summed E-state index contributed by atoms with van der Waals surface area (Å²) >= 11 is 3.45. The van der Waals surface area contributed by atoms with Gasteiger partial charge in [0.25, 0.3) is 0 Å². The summed E-state index contributed by atoms with van der Waals surface area (Å²) in [5.74, 6) is 0.817. The molecule has 5 rings (SSSR count). The van der Waals surface area contributed by atoms with Crippen LogP contribution < -0.4 is 14.8 Å². The van der Waals surface area contributed by atoms with Gasteiger partial charge in [-0.25, -0.2) is 4.79 Å². The molecule has 1 N–H and O–H groups in total. The summed E-state index contributed by atoms with van der Waals surface area (Å²) in [5.41, 5.74) is 4.16. The number of halogens is 1. The van der Waals surface area contributed by atoms with Gasteiger partial charge in [-0.15, -0.1) is 0 Å². The molecular formula is C17H11BrN2O4. The highest BCUT2D eigenvalue weighted by Gasteiger charge is 2.39. The van der Waals surface area contributed by atoms with Gasteiger partial charge >= 0.3 is 5.97 Å². The number of carbonyl (C=O) groups excluding carboxylic acids is 1. The number of esters is 1. The minimum absolute atomic E-state index is 0.205. The van der Waals surface area contributed by atoms with Gasteiger partial charge in [0.1, 0.15) is 6.61 Å². The molecule has 3 aliphatic heterocycles. The summed E-state index contributed by atoms with van der Waals surface area (Å²) in [7, 11) is 0. The lowest BCUT2D eigenvalue weighted by Gasteiger charge is -2.27. The summed E-state index contributed by atoms with van der Waals surface area (Å²) < 4.78 is 17.1. The maximum atomic E-state index is 12.3. The largest absolute Gasteiger partial charge is 0.456 e. The predicted octanol–water partition coefficient (Wildman–Crippen LogP) is 2.94. The van der Waals surface area contributed by atoms with E-state index in [-0.39, 0.29) is 25.3 Å². The first kappa shape index (κ1) is 13.9. The number of aromatic nitrogens is 1. The number of rotatable bonds is 1. The number of pyridine rings is 1. The molecule has 0 aliphatic carbocycles. The lowest BCUT2D eigenvalue weighted by Crippen LogP contribution is -2.20. The molecule has 1 aromatic heterocycles. The highest BCUT2D eigenvalue weighted by molar-refractivity contribution is 9.10. The molecule has 0 bridgehead atoms. The van der Waals surface area contributed by atoms with E-state index in [1.807, 2.05) is 18.2 Å². The number of fused-ring (bicyclic) bond motifs is 2. The molecule has 1 atom stereocenters. The van der Waals surface area contributed by atoms with Crippen LogP contribution in [0, 0.1) is 0 Å². The van der Waals surface area contributed by atoms with E-state index in [4.69, 9.17) is 14.2 Å². The molecule has 7 heteroatoms. The van der Waals surface area contributed by atoms with Crippen molar-refractivity contribution in [3.05, 3.63) is 57.5 Å². The average Bonchev–Trinajstić information content (AvgIpc) is 3.17. The van der Waals surface area contributed by atoms with E-state index in [2.05, 4.69) is 26.2 Å². The summed E-state index contributed by atoms with van der Waals surface area (Å²) in [4.78, 5) is 16.6. The molecule has 0 amide bonds. The number of cyclic esters (lactones) is 1. The molecule has 24 heavy (non-hydrogen) atoms. The minimum atomic E-state index is -0.300. The van der Waals surface area contributed by atoms with Gasteiger partial charge < -0.3 is 19.5 Å². The van der Waals surface area contributed by atoms with E-state index in [0.717, 1.165) is 27.0 Å². The molecule has 6 nitrogen and oxygen atoms in total. The minimum Gasteiger partial charge on any atom is -0.456 e. The van der Waals surface area contributed by atoms with Gasteiger partial charge in [0.15, 0.2) is 11.5 Å². The van der Waals surface area contributed by atoms with E-state index in [1.165, 1.54) is 0 Å². The fourth-order valence-electron chi connectivity index (χ4n) is 3.37. The molecule has 4 heterocycles. The van der Waals surface area contributed by atoms with E-state index in [9.17, 15) is 4.79 Å². The molecule has 0 saturated heterocycles. The number of carbonyl (C=O) groups is 1. The van der Waals surface area contributed by atoms with Gasteiger partial charge in [-0.2, -0.15) is 0 Å². The quantitative estimate of drug-likeness (QED) is 0.759. The Morgan fingerprint density at radius 1 is 1.12 bits per heavy atom. The van der Waals surface area contributed by atoms with Crippen LogP contribution in [-0.2, 0) is 9.53 Å². The number of ether oxygens (including phenoxy) is 3. The van der Waals surface area contributed by atoms with Crippen LogP contribution in [0.15, 0.2) is 46.3 Å². The van der Waals surface area contributed by atoms with Crippen LogP contribution in [0.4, 0.5) is 5.69 Å². The van der Waals surface area contributed by atoms with Crippen molar-refractivity contribution in [3.8, 4) is 11.5 Å². The van der Waals surface area contributed by atoms with E-state index in [1.54, 1.807) is 12.4 Å². The summed E-state index contributed by atoms with van der Waals surface area (Å²) in [6.45, 7) is 0.455. The Kier molecular flexibility index (Phi) is 2.87.